The van der Waals surface area contributed by atoms with Crippen molar-refractivity contribution in [2.24, 2.45) is 4.99 Å². The highest BCUT2D eigenvalue weighted by Gasteiger charge is 2.07. The van der Waals surface area contributed by atoms with Gasteiger partial charge in [0.25, 0.3) is 5.95 Å². The normalized spacial score (nSPS) is 11.4. The van der Waals surface area contributed by atoms with Gasteiger partial charge in [0, 0.05) is 6.07 Å². The molecule has 0 spiro atoms. The molecule has 0 fully saturated rings. The third kappa shape index (κ3) is 1.97. The number of thioether (sulfide) groups is 1. The van der Waals surface area contributed by atoms with Crippen LogP contribution in [0.25, 0.3) is 5.65 Å². The monoisotopic (exact) mass is 238 g/mol. The fraction of sp³-hybridized carbons (Fsp3) is 0.250. The van der Waals surface area contributed by atoms with Crippen molar-refractivity contribution in [1.82, 2.24) is 25.1 Å². The molecule has 0 saturated carbocycles. The topological polar surface area (TPSA) is 87.7 Å². The lowest BCUT2D eigenvalue weighted by molar-refractivity contribution is 0.240. The SMILES string of the molecule is CSc1nc(/N=C/NO)n2nc(C)cc2n1. The number of nitrogens with zero attached hydrogens (tertiary/aromatic N) is 5. The van der Waals surface area contributed by atoms with Gasteiger partial charge in [0.1, 0.15) is 6.34 Å². The van der Waals surface area contributed by atoms with Gasteiger partial charge < -0.3 is 0 Å². The van der Waals surface area contributed by atoms with E-state index in [-0.39, 0.29) is 0 Å². The van der Waals surface area contributed by atoms with Crippen LogP contribution >= 0.6 is 11.8 Å². The van der Waals surface area contributed by atoms with Gasteiger partial charge in [0.05, 0.1) is 5.69 Å². The molecule has 84 valence electrons. The van der Waals surface area contributed by atoms with E-state index in [9.17, 15) is 0 Å². The minimum absolute atomic E-state index is 0.365. The molecule has 0 aliphatic carbocycles. The fourth-order valence-corrected chi connectivity index (χ4v) is 1.59. The molecular weight excluding hydrogens is 228 g/mol. The summed E-state index contributed by atoms with van der Waals surface area (Å²) in [6, 6.07) is 1.84. The molecule has 0 radical (unpaired) electrons. The van der Waals surface area contributed by atoms with Crippen LogP contribution in [0.3, 0.4) is 0 Å². The summed E-state index contributed by atoms with van der Waals surface area (Å²) in [6.07, 6.45) is 3.01. The third-order valence-electron chi connectivity index (χ3n) is 1.83. The van der Waals surface area contributed by atoms with Crippen LogP contribution in [0.1, 0.15) is 5.69 Å². The Morgan fingerprint density at radius 1 is 1.56 bits per heavy atom. The molecule has 0 atom stereocenters. The van der Waals surface area contributed by atoms with Gasteiger partial charge in [-0.05, 0) is 13.2 Å². The first-order valence-corrected chi connectivity index (χ1v) is 5.67. The summed E-state index contributed by atoms with van der Waals surface area (Å²) < 4.78 is 1.52. The minimum atomic E-state index is 0.365. The summed E-state index contributed by atoms with van der Waals surface area (Å²) in [6.45, 7) is 1.87. The van der Waals surface area contributed by atoms with Crippen LogP contribution < -0.4 is 5.48 Å². The molecule has 0 unspecified atom stereocenters. The second-order valence-corrected chi connectivity index (χ2v) is 3.73. The Kier molecular flexibility index (Phi) is 3.02. The van der Waals surface area contributed by atoms with Gasteiger partial charge in [-0.3, -0.25) is 10.7 Å². The zero-order valence-electron chi connectivity index (χ0n) is 8.75. The van der Waals surface area contributed by atoms with Crippen LogP contribution in [0.4, 0.5) is 5.95 Å². The first-order valence-electron chi connectivity index (χ1n) is 4.45. The van der Waals surface area contributed by atoms with Crippen molar-refractivity contribution in [2.75, 3.05) is 6.26 Å². The van der Waals surface area contributed by atoms with E-state index in [1.54, 1.807) is 0 Å². The van der Waals surface area contributed by atoms with Gasteiger partial charge in [0.15, 0.2) is 10.8 Å². The van der Waals surface area contributed by atoms with E-state index in [0.29, 0.717) is 16.8 Å². The lowest BCUT2D eigenvalue weighted by atomic mass is 10.5. The van der Waals surface area contributed by atoms with E-state index in [0.717, 1.165) is 12.0 Å². The summed E-state index contributed by atoms with van der Waals surface area (Å²) in [5.41, 5.74) is 3.34. The number of nitrogens with one attached hydrogen (secondary N) is 1. The molecule has 0 saturated heterocycles. The van der Waals surface area contributed by atoms with Crippen LogP contribution in [-0.4, -0.2) is 37.4 Å². The molecule has 0 aromatic carbocycles. The number of rotatable bonds is 3. The molecular formula is C8H10N6OS. The quantitative estimate of drug-likeness (QED) is 0.356. The predicted octanol–water partition coefficient (Wildman–Crippen LogP) is 0.793. The molecule has 0 bridgehead atoms. The van der Waals surface area contributed by atoms with Gasteiger partial charge in [-0.2, -0.15) is 19.6 Å². The third-order valence-corrected chi connectivity index (χ3v) is 2.38. The second-order valence-electron chi connectivity index (χ2n) is 2.95. The Labute approximate surface area is 95.6 Å². The zero-order valence-corrected chi connectivity index (χ0v) is 9.56. The van der Waals surface area contributed by atoms with Crippen molar-refractivity contribution in [1.29, 1.82) is 0 Å². The summed E-state index contributed by atoms with van der Waals surface area (Å²) in [4.78, 5) is 12.4. The predicted molar refractivity (Wildman–Crippen MR) is 60.4 cm³/mol. The highest BCUT2D eigenvalue weighted by Crippen LogP contribution is 2.17. The number of aromatic nitrogens is 4. The van der Waals surface area contributed by atoms with Crippen molar-refractivity contribution in [3.63, 3.8) is 0 Å². The molecule has 0 aliphatic heterocycles. The number of fused-ring (bicyclic) bond motifs is 1. The molecule has 2 aromatic rings. The van der Waals surface area contributed by atoms with Gasteiger partial charge in [-0.25, -0.2) is 4.98 Å². The molecule has 2 heterocycles. The van der Waals surface area contributed by atoms with E-state index >= 15 is 0 Å². The molecule has 8 heteroatoms. The van der Waals surface area contributed by atoms with Crippen LogP contribution in [0.5, 0.6) is 0 Å². The summed E-state index contributed by atoms with van der Waals surface area (Å²) >= 11 is 1.42. The summed E-state index contributed by atoms with van der Waals surface area (Å²) in [5.74, 6) is 0.365. The molecule has 0 amide bonds. The zero-order chi connectivity index (χ0) is 11.5. The molecule has 2 aromatic heterocycles. The lowest BCUT2D eigenvalue weighted by Crippen LogP contribution is -2.03. The molecule has 16 heavy (non-hydrogen) atoms. The van der Waals surface area contributed by atoms with Crippen LogP contribution in [0.2, 0.25) is 0 Å². The molecule has 2 N–H and O–H groups in total. The van der Waals surface area contributed by atoms with E-state index in [4.69, 9.17) is 5.21 Å². The summed E-state index contributed by atoms with van der Waals surface area (Å²) in [5, 5.41) is 13.3. The van der Waals surface area contributed by atoms with Gasteiger partial charge in [0.2, 0.25) is 0 Å². The Balaban J connectivity index is 2.62. The smallest absolute Gasteiger partial charge is 0.256 e. The van der Waals surface area contributed by atoms with Crippen LogP contribution in [0.15, 0.2) is 16.2 Å². The molecule has 2 rings (SSSR count). The van der Waals surface area contributed by atoms with Gasteiger partial charge >= 0.3 is 0 Å². The highest BCUT2D eigenvalue weighted by molar-refractivity contribution is 7.98. The number of hydrogen-bond acceptors (Lipinski definition) is 6. The van der Waals surface area contributed by atoms with E-state index < -0.39 is 0 Å². The number of hydroxylamine groups is 1. The Hall–Kier alpha value is -1.67. The molecule has 0 aliphatic rings. The first kappa shape index (κ1) is 10.8. The van der Waals surface area contributed by atoms with Crippen molar-refractivity contribution in [3.05, 3.63) is 11.8 Å². The highest BCUT2D eigenvalue weighted by atomic mass is 32.2. The standard InChI is InChI=1S/C8H10N6OS/c1-5-3-6-11-8(16-2)12-7(9-4-10-15)14(6)13-5/h3-4,15H,1-2H3,(H,9,10,11,12). The maximum Gasteiger partial charge on any atom is 0.256 e. The van der Waals surface area contributed by atoms with Crippen molar-refractivity contribution >= 4 is 29.7 Å². The Morgan fingerprint density at radius 2 is 2.38 bits per heavy atom. The minimum Gasteiger partial charge on any atom is -0.290 e. The Bertz CT molecular complexity index is 537. The molecule has 7 nitrogen and oxygen atoms in total. The van der Waals surface area contributed by atoms with E-state index in [1.165, 1.54) is 16.3 Å². The summed E-state index contributed by atoms with van der Waals surface area (Å²) in [7, 11) is 0. The second kappa shape index (κ2) is 4.45. The van der Waals surface area contributed by atoms with Gasteiger partial charge in [-0.1, -0.05) is 11.8 Å². The van der Waals surface area contributed by atoms with Crippen LogP contribution in [-0.2, 0) is 0 Å². The fourth-order valence-electron chi connectivity index (χ4n) is 1.23. The average Bonchev–Trinajstić information content (AvgIpc) is 2.65. The number of aliphatic imine (C=N–C) groups is 1. The number of aryl methyl sites for hydroxylation is 1. The maximum atomic E-state index is 8.45. The maximum absolute atomic E-state index is 8.45. The van der Waals surface area contributed by atoms with E-state index in [1.807, 2.05) is 24.7 Å². The van der Waals surface area contributed by atoms with Gasteiger partial charge in [-0.15, -0.1) is 0 Å². The average molecular weight is 238 g/mol. The Morgan fingerprint density at radius 3 is 3.06 bits per heavy atom. The first-order chi connectivity index (χ1) is 7.74. The van der Waals surface area contributed by atoms with Crippen LogP contribution in [0, 0.1) is 6.92 Å². The largest absolute Gasteiger partial charge is 0.290 e. The lowest BCUT2D eigenvalue weighted by Gasteiger charge is -2.00. The number of hydrogen-bond donors (Lipinski definition) is 2. The van der Waals surface area contributed by atoms with Crippen molar-refractivity contribution in [2.45, 2.75) is 12.1 Å². The van der Waals surface area contributed by atoms with Crippen molar-refractivity contribution < 1.29 is 5.21 Å². The van der Waals surface area contributed by atoms with Crippen molar-refractivity contribution in [3.8, 4) is 0 Å². The van der Waals surface area contributed by atoms with E-state index in [2.05, 4.69) is 20.1 Å².